The number of aryl methyl sites for hydroxylation is 1. The zero-order valence-corrected chi connectivity index (χ0v) is 21.4. The normalized spacial score (nSPS) is 11.1. The van der Waals surface area contributed by atoms with E-state index in [9.17, 15) is 13.2 Å². The molecule has 1 amide bonds. The van der Waals surface area contributed by atoms with Crippen LogP contribution >= 0.6 is 23.4 Å². The molecule has 0 unspecified atom stereocenters. The molecule has 0 aliphatic rings. The van der Waals surface area contributed by atoms with Crippen molar-refractivity contribution in [3.8, 4) is 5.75 Å². The van der Waals surface area contributed by atoms with Crippen molar-refractivity contribution in [1.29, 1.82) is 0 Å². The van der Waals surface area contributed by atoms with Crippen molar-refractivity contribution in [2.45, 2.75) is 23.6 Å². The van der Waals surface area contributed by atoms with Crippen LogP contribution in [0, 0.1) is 6.92 Å². The molecule has 3 aromatic rings. The van der Waals surface area contributed by atoms with E-state index >= 15 is 0 Å². The van der Waals surface area contributed by atoms with Gasteiger partial charge >= 0.3 is 0 Å². The molecule has 0 atom stereocenters. The third-order valence-corrected chi connectivity index (χ3v) is 7.89. The first kappa shape index (κ1) is 25.9. The molecule has 0 bridgehead atoms. The lowest BCUT2D eigenvalue weighted by atomic mass is 10.2. The predicted molar refractivity (Wildman–Crippen MR) is 139 cm³/mol. The molecule has 0 aromatic heterocycles. The molecular weight excluding hydrogens is 492 g/mol. The summed E-state index contributed by atoms with van der Waals surface area (Å²) in [5.41, 5.74) is 1.33. The zero-order valence-electron chi connectivity index (χ0n) is 19.0. The van der Waals surface area contributed by atoms with Crippen molar-refractivity contribution >= 4 is 45.0 Å². The van der Waals surface area contributed by atoms with Crippen LogP contribution in [0.25, 0.3) is 0 Å². The standard InChI is InChI=1S/C25H27ClN2O4S2/c1-3-32-22-10-8-21(9-11-22)28(34(30,31)24-14-4-19(2)5-15-24)18-25(29)27-16-17-33-23-12-6-20(26)7-13-23/h4-15H,3,16-18H2,1-2H3,(H,27,29). The number of nitrogens with zero attached hydrogens (tertiary/aromatic N) is 1. The van der Waals surface area contributed by atoms with Gasteiger partial charge in [0.1, 0.15) is 12.3 Å². The first-order chi connectivity index (χ1) is 16.3. The fourth-order valence-electron chi connectivity index (χ4n) is 3.10. The van der Waals surface area contributed by atoms with Crippen LogP contribution in [-0.2, 0) is 14.8 Å². The van der Waals surface area contributed by atoms with E-state index in [1.54, 1.807) is 60.3 Å². The van der Waals surface area contributed by atoms with Crippen molar-refractivity contribution in [3.63, 3.8) is 0 Å². The molecule has 6 nitrogen and oxygen atoms in total. The van der Waals surface area contributed by atoms with Crippen LogP contribution < -0.4 is 14.4 Å². The molecule has 34 heavy (non-hydrogen) atoms. The van der Waals surface area contributed by atoms with Crippen LogP contribution in [0.4, 0.5) is 5.69 Å². The van der Waals surface area contributed by atoms with Gasteiger partial charge < -0.3 is 10.1 Å². The smallest absolute Gasteiger partial charge is 0.264 e. The Morgan fingerprint density at radius 3 is 2.26 bits per heavy atom. The van der Waals surface area contributed by atoms with Crippen LogP contribution in [0.5, 0.6) is 5.75 Å². The molecule has 3 rings (SSSR count). The number of carbonyl (C=O) groups is 1. The molecule has 0 saturated carbocycles. The number of hydrogen-bond acceptors (Lipinski definition) is 5. The van der Waals surface area contributed by atoms with Crippen LogP contribution in [0.3, 0.4) is 0 Å². The molecule has 9 heteroatoms. The van der Waals surface area contributed by atoms with Crippen molar-refractivity contribution in [3.05, 3.63) is 83.4 Å². The van der Waals surface area contributed by atoms with Crippen LogP contribution in [-0.4, -0.2) is 39.8 Å². The number of hydrogen-bond donors (Lipinski definition) is 1. The maximum absolute atomic E-state index is 13.4. The highest BCUT2D eigenvalue weighted by Gasteiger charge is 2.27. The summed E-state index contributed by atoms with van der Waals surface area (Å²) in [6.07, 6.45) is 0. The second-order valence-corrected chi connectivity index (χ2v) is 10.9. The number of anilines is 1. The minimum Gasteiger partial charge on any atom is -0.494 e. The molecule has 0 fully saturated rings. The van der Waals surface area contributed by atoms with Gasteiger partial charge in [-0.2, -0.15) is 0 Å². The van der Waals surface area contributed by atoms with E-state index in [1.165, 1.54) is 0 Å². The Bertz CT molecular complexity index is 1180. The number of nitrogens with one attached hydrogen (secondary N) is 1. The number of benzene rings is 3. The Kier molecular flexibility index (Phi) is 9.27. The SMILES string of the molecule is CCOc1ccc(N(CC(=O)NCCSc2ccc(Cl)cc2)S(=O)(=O)c2ccc(C)cc2)cc1. The van der Waals surface area contributed by atoms with Gasteiger partial charge in [-0.15, -0.1) is 11.8 Å². The monoisotopic (exact) mass is 518 g/mol. The largest absolute Gasteiger partial charge is 0.494 e. The predicted octanol–water partition coefficient (Wildman–Crippen LogP) is 5.15. The van der Waals surface area contributed by atoms with Crippen molar-refractivity contribution < 1.29 is 17.9 Å². The number of halogens is 1. The van der Waals surface area contributed by atoms with Crippen molar-refractivity contribution in [2.75, 3.05) is 29.8 Å². The first-order valence-corrected chi connectivity index (χ1v) is 13.6. The molecule has 0 aliphatic heterocycles. The maximum Gasteiger partial charge on any atom is 0.264 e. The van der Waals surface area contributed by atoms with Gasteiger partial charge in [-0.3, -0.25) is 9.10 Å². The maximum atomic E-state index is 13.4. The average molecular weight is 519 g/mol. The Hall–Kier alpha value is -2.68. The minimum absolute atomic E-state index is 0.123. The van der Waals surface area contributed by atoms with Gasteiger partial charge in [0.15, 0.2) is 0 Å². The van der Waals surface area contributed by atoms with Gasteiger partial charge in [-0.25, -0.2) is 8.42 Å². The Balaban J connectivity index is 1.71. The molecule has 3 aromatic carbocycles. The summed E-state index contributed by atoms with van der Waals surface area (Å²) >= 11 is 7.48. The lowest BCUT2D eigenvalue weighted by Crippen LogP contribution is -2.41. The van der Waals surface area contributed by atoms with E-state index in [-0.39, 0.29) is 17.3 Å². The summed E-state index contributed by atoms with van der Waals surface area (Å²) in [7, 11) is -3.95. The van der Waals surface area contributed by atoms with Crippen LogP contribution in [0.2, 0.25) is 5.02 Å². The highest BCUT2D eigenvalue weighted by Crippen LogP contribution is 2.26. The molecular formula is C25H27ClN2O4S2. The summed E-state index contributed by atoms with van der Waals surface area (Å²) in [5.74, 6) is 0.880. The number of rotatable bonds is 11. The lowest BCUT2D eigenvalue weighted by molar-refractivity contribution is -0.119. The lowest BCUT2D eigenvalue weighted by Gasteiger charge is -2.24. The number of ether oxygens (including phenoxy) is 1. The third kappa shape index (κ3) is 7.16. The molecule has 0 aliphatic carbocycles. The van der Waals surface area contributed by atoms with Gasteiger partial charge in [0.2, 0.25) is 5.91 Å². The van der Waals surface area contributed by atoms with Gasteiger partial charge in [-0.05, 0) is 74.5 Å². The first-order valence-electron chi connectivity index (χ1n) is 10.8. The van der Waals surface area contributed by atoms with E-state index in [0.29, 0.717) is 35.4 Å². The fourth-order valence-corrected chi connectivity index (χ4v) is 5.42. The second kappa shape index (κ2) is 12.1. The van der Waals surface area contributed by atoms with Gasteiger partial charge in [0, 0.05) is 22.2 Å². The van der Waals surface area contributed by atoms with Crippen LogP contribution in [0.15, 0.2) is 82.6 Å². The Morgan fingerprint density at radius 1 is 1.00 bits per heavy atom. The second-order valence-electron chi connectivity index (χ2n) is 7.40. The number of sulfonamides is 1. The summed E-state index contributed by atoms with van der Waals surface area (Å²) in [4.78, 5) is 13.9. The van der Waals surface area contributed by atoms with E-state index in [1.807, 2.05) is 38.1 Å². The molecule has 0 heterocycles. The molecule has 0 spiro atoms. The Morgan fingerprint density at radius 2 is 1.65 bits per heavy atom. The highest BCUT2D eigenvalue weighted by molar-refractivity contribution is 7.99. The van der Waals surface area contributed by atoms with E-state index in [2.05, 4.69) is 5.32 Å². The number of carbonyl (C=O) groups excluding carboxylic acids is 1. The molecule has 0 radical (unpaired) electrons. The van der Waals surface area contributed by atoms with Gasteiger partial charge in [0.25, 0.3) is 10.0 Å². The van der Waals surface area contributed by atoms with Crippen molar-refractivity contribution in [1.82, 2.24) is 5.32 Å². The van der Waals surface area contributed by atoms with E-state index in [4.69, 9.17) is 16.3 Å². The Labute approximate surface area is 210 Å². The topological polar surface area (TPSA) is 75.7 Å². The van der Waals surface area contributed by atoms with E-state index in [0.717, 1.165) is 14.8 Å². The number of thioether (sulfide) groups is 1. The quantitative estimate of drug-likeness (QED) is 0.280. The third-order valence-electron chi connectivity index (χ3n) is 4.84. The van der Waals surface area contributed by atoms with Gasteiger partial charge in [0.05, 0.1) is 17.2 Å². The molecule has 0 saturated heterocycles. The van der Waals surface area contributed by atoms with Crippen molar-refractivity contribution in [2.24, 2.45) is 0 Å². The summed E-state index contributed by atoms with van der Waals surface area (Å²) in [5, 5.41) is 3.48. The van der Waals surface area contributed by atoms with Crippen LogP contribution in [0.1, 0.15) is 12.5 Å². The highest BCUT2D eigenvalue weighted by atomic mass is 35.5. The minimum atomic E-state index is -3.95. The van der Waals surface area contributed by atoms with E-state index < -0.39 is 10.0 Å². The average Bonchev–Trinajstić information content (AvgIpc) is 2.82. The molecule has 180 valence electrons. The summed E-state index contributed by atoms with van der Waals surface area (Å²) in [6.45, 7) is 4.32. The van der Waals surface area contributed by atoms with Gasteiger partial charge in [-0.1, -0.05) is 29.3 Å². The molecule has 1 N–H and O–H groups in total. The zero-order chi connectivity index (χ0) is 24.6. The summed E-state index contributed by atoms with van der Waals surface area (Å²) in [6, 6.07) is 20.7. The number of amides is 1. The fraction of sp³-hybridized carbons (Fsp3) is 0.240. The summed E-state index contributed by atoms with van der Waals surface area (Å²) < 4.78 is 33.4.